The van der Waals surface area contributed by atoms with Crippen molar-refractivity contribution in [2.45, 2.75) is 26.9 Å². The van der Waals surface area contributed by atoms with Crippen molar-refractivity contribution in [2.24, 2.45) is 0 Å². The predicted molar refractivity (Wildman–Crippen MR) is 139 cm³/mol. The first-order chi connectivity index (χ1) is 16.4. The normalized spacial score (nSPS) is 12.5. The number of carbonyl (C=O) groups is 1. The fourth-order valence-corrected chi connectivity index (χ4v) is 3.98. The summed E-state index contributed by atoms with van der Waals surface area (Å²) in [5, 5.41) is 9.68. The number of hydrogen-bond acceptors (Lipinski definition) is 3. The number of anilines is 1. The molecule has 3 aromatic rings. The van der Waals surface area contributed by atoms with Gasteiger partial charge in [-0.05, 0) is 55.0 Å². The molecule has 0 fully saturated rings. The second kappa shape index (κ2) is 11.9. The molecule has 0 unspecified atom stereocenters. The van der Waals surface area contributed by atoms with Crippen LogP contribution in [0.2, 0.25) is 5.02 Å². The number of aromatic carboxylic acids is 1. The minimum Gasteiger partial charge on any atom is -0.488 e. The van der Waals surface area contributed by atoms with E-state index in [0.717, 1.165) is 27.8 Å². The van der Waals surface area contributed by atoms with Crippen molar-refractivity contribution < 1.29 is 19.0 Å². The first kappa shape index (κ1) is 25.5. The van der Waals surface area contributed by atoms with Gasteiger partial charge in [0.05, 0.1) is 16.3 Å². The van der Waals surface area contributed by atoms with E-state index >= 15 is 0 Å². The zero-order chi connectivity index (χ0) is 24.7. The molecule has 3 aromatic carbocycles. The topological polar surface area (TPSA) is 49.8 Å². The number of carboxylic acids is 1. The zero-order valence-electron chi connectivity index (χ0n) is 18.8. The Balaban J connectivity index is 0.00000158. The third-order valence-corrected chi connectivity index (χ3v) is 5.79. The molecule has 0 spiro atoms. The Morgan fingerprint density at radius 2 is 1.94 bits per heavy atom. The van der Waals surface area contributed by atoms with Gasteiger partial charge in [-0.1, -0.05) is 65.7 Å². The molecule has 0 aliphatic carbocycles. The van der Waals surface area contributed by atoms with Gasteiger partial charge in [-0.25, -0.2) is 9.18 Å². The standard InChI is InChI=1S/C25H18BrClFNO3.C2H6/c26-18-8-10-24(32-15-17-7-9-19(28)14-22(17)27)21(13-18)23-6-1-2-11-29(23)20-5-3-4-16(12-20)25(30)31;1-2/h2-14H,1,15H2,(H,30,31);1-2H3. The summed E-state index contributed by atoms with van der Waals surface area (Å²) < 4.78 is 20.3. The fraction of sp³-hybridized carbons (Fsp3) is 0.148. The number of nitrogens with zero attached hydrogens (tertiary/aromatic N) is 1. The third kappa shape index (κ3) is 6.07. The first-order valence-corrected chi connectivity index (χ1v) is 12.0. The Morgan fingerprint density at radius 1 is 1.15 bits per heavy atom. The molecule has 1 N–H and O–H groups in total. The van der Waals surface area contributed by atoms with Crippen LogP contribution in [0.5, 0.6) is 5.75 Å². The number of ether oxygens (including phenoxy) is 1. The summed E-state index contributed by atoms with van der Waals surface area (Å²) in [5.74, 6) is -0.767. The fourth-order valence-electron chi connectivity index (χ4n) is 3.40. The lowest BCUT2D eigenvalue weighted by Crippen LogP contribution is -2.17. The van der Waals surface area contributed by atoms with Crippen LogP contribution in [-0.4, -0.2) is 11.1 Å². The maximum Gasteiger partial charge on any atom is 0.335 e. The second-order valence-electron chi connectivity index (χ2n) is 7.10. The highest BCUT2D eigenvalue weighted by molar-refractivity contribution is 9.10. The van der Waals surface area contributed by atoms with E-state index in [1.54, 1.807) is 24.3 Å². The highest BCUT2D eigenvalue weighted by Crippen LogP contribution is 2.37. The molecule has 0 radical (unpaired) electrons. The number of halogens is 3. The molecule has 7 heteroatoms. The molecular weight excluding hydrogens is 521 g/mol. The average molecular weight is 545 g/mol. The molecule has 34 heavy (non-hydrogen) atoms. The largest absolute Gasteiger partial charge is 0.488 e. The van der Waals surface area contributed by atoms with Crippen LogP contribution >= 0.6 is 27.5 Å². The van der Waals surface area contributed by atoms with Crippen molar-refractivity contribution in [2.75, 3.05) is 4.90 Å². The highest BCUT2D eigenvalue weighted by atomic mass is 79.9. The monoisotopic (exact) mass is 543 g/mol. The minimum atomic E-state index is -0.985. The third-order valence-electron chi connectivity index (χ3n) is 4.95. The molecular formula is C27H24BrClFNO3. The average Bonchev–Trinajstić information content (AvgIpc) is 2.85. The summed E-state index contributed by atoms with van der Waals surface area (Å²) in [5.41, 5.74) is 3.28. The van der Waals surface area contributed by atoms with Crippen LogP contribution in [0.3, 0.4) is 0 Å². The van der Waals surface area contributed by atoms with Crippen LogP contribution < -0.4 is 9.64 Å². The van der Waals surface area contributed by atoms with Gasteiger partial charge in [0.15, 0.2) is 0 Å². The molecule has 1 aliphatic heterocycles. The Labute approximate surface area is 212 Å². The lowest BCUT2D eigenvalue weighted by molar-refractivity contribution is 0.0697. The molecule has 0 saturated heterocycles. The zero-order valence-corrected chi connectivity index (χ0v) is 21.1. The van der Waals surface area contributed by atoms with Gasteiger partial charge in [0.2, 0.25) is 0 Å². The van der Waals surface area contributed by atoms with Gasteiger partial charge in [0, 0.05) is 27.5 Å². The number of carboxylic acid groups (broad SMARTS) is 1. The summed E-state index contributed by atoms with van der Waals surface area (Å²) in [4.78, 5) is 13.4. The Hall–Kier alpha value is -3.09. The summed E-state index contributed by atoms with van der Waals surface area (Å²) >= 11 is 9.67. The van der Waals surface area contributed by atoms with Crippen molar-refractivity contribution in [3.63, 3.8) is 0 Å². The van der Waals surface area contributed by atoms with E-state index in [4.69, 9.17) is 16.3 Å². The van der Waals surface area contributed by atoms with Crippen LogP contribution in [0, 0.1) is 5.82 Å². The Kier molecular flexibility index (Phi) is 8.91. The summed E-state index contributed by atoms with van der Waals surface area (Å²) in [6, 6.07) is 16.6. The molecule has 1 heterocycles. The van der Waals surface area contributed by atoms with Crippen molar-refractivity contribution in [1.29, 1.82) is 0 Å². The predicted octanol–water partition coefficient (Wildman–Crippen LogP) is 8.31. The van der Waals surface area contributed by atoms with Gasteiger partial charge in [0.1, 0.15) is 18.2 Å². The van der Waals surface area contributed by atoms with Crippen molar-refractivity contribution >= 4 is 44.9 Å². The van der Waals surface area contributed by atoms with Crippen molar-refractivity contribution in [1.82, 2.24) is 0 Å². The molecule has 0 bridgehead atoms. The van der Waals surface area contributed by atoms with Crippen LogP contribution in [0.1, 0.15) is 41.8 Å². The van der Waals surface area contributed by atoms with E-state index in [9.17, 15) is 14.3 Å². The molecule has 0 saturated carbocycles. The second-order valence-corrected chi connectivity index (χ2v) is 8.42. The van der Waals surface area contributed by atoms with Gasteiger partial charge >= 0.3 is 5.97 Å². The van der Waals surface area contributed by atoms with Crippen molar-refractivity contribution in [3.8, 4) is 5.75 Å². The van der Waals surface area contributed by atoms with E-state index in [1.165, 1.54) is 12.1 Å². The molecule has 176 valence electrons. The Morgan fingerprint density at radius 3 is 2.68 bits per heavy atom. The number of benzene rings is 3. The van der Waals surface area contributed by atoms with Crippen LogP contribution in [0.15, 0.2) is 83.5 Å². The number of allylic oxidation sites excluding steroid dienone is 2. The molecule has 0 aromatic heterocycles. The molecule has 4 rings (SSSR count). The Bertz CT molecular complexity index is 1240. The van der Waals surface area contributed by atoms with Gasteiger partial charge in [-0.15, -0.1) is 0 Å². The van der Waals surface area contributed by atoms with Crippen LogP contribution in [0.25, 0.3) is 5.70 Å². The lowest BCUT2D eigenvalue weighted by atomic mass is 10.0. The molecule has 1 aliphatic rings. The van der Waals surface area contributed by atoms with E-state index in [2.05, 4.69) is 15.9 Å². The minimum absolute atomic E-state index is 0.172. The van der Waals surface area contributed by atoms with Crippen molar-refractivity contribution in [3.05, 3.63) is 111 Å². The molecule has 0 atom stereocenters. The summed E-state index contributed by atoms with van der Waals surface area (Å²) in [6.07, 6.45) is 6.68. The van der Waals surface area contributed by atoms with Gasteiger partial charge < -0.3 is 14.7 Å². The quantitative estimate of drug-likeness (QED) is 0.339. The summed E-state index contributed by atoms with van der Waals surface area (Å²) in [7, 11) is 0. The summed E-state index contributed by atoms with van der Waals surface area (Å²) in [6.45, 7) is 4.17. The van der Waals surface area contributed by atoms with E-state index in [-0.39, 0.29) is 12.2 Å². The van der Waals surface area contributed by atoms with Gasteiger partial charge in [-0.2, -0.15) is 0 Å². The van der Waals surface area contributed by atoms with Gasteiger partial charge in [0.25, 0.3) is 0 Å². The van der Waals surface area contributed by atoms with Gasteiger partial charge in [-0.3, -0.25) is 0 Å². The number of rotatable bonds is 6. The number of hydrogen-bond donors (Lipinski definition) is 1. The smallest absolute Gasteiger partial charge is 0.335 e. The molecule has 4 nitrogen and oxygen atoms in total. The van der Waals surface area contributed by atoms with E-state index in [1.807, 2.05) is 61.4 Å². The van der Waals surface area contributed by atoms with Crippen LogP contribution in [0.4, 0.5) is 10.1 Å². The van der Waals surface area contributed by atoms with Crippen LogP contribution in [-0.2, 0) is 6.61 Å². The highest BCUT2D eigenvalue weighted by Gasteiger charge is 2.19. The molecule has 0 amide bonds. The van der Waals surface area contributed by atoms with E-state index in [0.29, 0.717) is 16.3 Å². The maximum atomic E-state index is 13.4. The SMILES string of the molecule is CC.O=C(O)c1cccc(N2C=CCC=C2c2cc(Br)ccc2OCc2ccc(F)cc2Cl)c1. The van der Waals surface area contributed by atoms with E-state index < -0.39 is 11.8 Å². The lowest BCUT2D eigenvalue weighted by Gasteiger charge is -2.28. The first-order valence-electron chi connectivity index (χ1n) is 10.8. The maximum absolute atomic E-state index is 13.4.